The standard InChI is InChI=1S/C9H11ClFN3O4/c10-4-1-14(8(17)13-7(4)12)9(3-15)6(16)5(11)2-18-9/h1,5-6,15-16H,2-3H2,(H2,12,13,17)/t5-,6-,9-/m0/s1. The first kappa shape index (κ1) is 13.2. The van der Waals surface area contributed by atoms with Crippen molar-refractivity contribution in [2.24, 2.45) is 0 Å². The SMILES string of the molecule is Nc1nc(=O)n([C@@]2(CO)OC[C@H](F)[C@@H]2O)cc1Cl. The van der Waals surface area contributed by atoms with Crippen LogP contribution in [0.3, 0.4) is 0 Å². The van der Waals surface area contributed by atoms with Gasteiger partial charge in [-0.25, -0.2) is 9.18 Å². The van der Waals surface area contributed by atoms with Gasteiger partial charge in [-0.15, -0.1) is 0 Å². The second-order valence-corrected chi connectivity index (χ2v) is 4.31. The van der Waals surface area contributed by atoms with Crippen molar-refractivity contribution in [2.45, 2.75) is 18.0 Å². The van der Waals surface area contributed by atoms with Crippen LogP contribution in [-0.2, 0) is 10.5 Å². The Hall–Kier alpha value is -1.22. The van der Waals surface area contributed by atoms with E-state index in [2.05, 4.69) is 4.98 Å². The van der Waals surface area contributed by atoms with Gasteiger partial charge in [-0.3, -0.25) is 4.57 Å². The third kappa shape index (κ3) is 1.77. The van der Waals surface area contributed by atoms with Crippen molar-refractivity contribution in [3.63, 3.8) is 0 Å². The van der Waals surface area contributed by atoms with E-state index >= 15 is 0 Å². The van der Waals surface area contributed by atoms with Gasteiger partial charge in [0.25, 0.3) is 0 Å². The molecular formula is C9H11ClFN3O4. The quantitative estimate of drug-likeness (QED) is 0.631. The van der Waals surface area contributed by atoms with Crippen LogP contribution in [0.5, 0.6) is 0 Å². The Morgan fingerprint density at radius 2 is 2.44 bits per heavy atom. The summed E-state index contributed by atoms with van der Waals surface area (Å²) in [7, 11) is 0. The summed E-state index contributed by atoms with van der Waals surface area (Å²) in [5, 5.41) is 19.0. The Morgan fingerprint density at radius 1 is 1.78 bits per heavy atom. The summed E-state index contributed by atoms with van der Waals surface area (Å²) in [6.45, 7) is -1.26. The number of hydrogen-bond acceptors (Lipinski definition) is 6. The summed E-state index contributed by atoms with van der Waals surface area (Å²) < 4.78 is 19.1. The predicted molar refractivity (Wildman–Crippen MR) is 59.8 cm³/mol. The van der Waals surface area contributed by atoms with E-state index < -0.39 is 36.9 Å². The summed E-state index contributed by atoms with van der Waals surface area (Å²) >= 11 is 5.71. The van der Waals surface area contributed by atoms with Gasteiger partial charge in [0, 0.05) is 6.20 Å². The number of anilines is 1. The molecule has 0 spiro atoms. The first-order valence-electron chi connectivity index (χ1n) is 5.04. The molecule has 7 nitrogen and oxygen atoms in total. The molecule has 1 aliphatic rings. The molecule has 1 saturated heterocycles. The molecule has 4 N–H and O–H groups in total. The molecule has 0 aliphatic carbocycles. The van der Waals surface area contributed by atoms with Crippen LogP contribution in [0, 0.1) is 0 Å². The highest BCUT2D eigenvalue weighted by Crippen LogP contribution is 2.32. The average molecular weight is 280 g/mol. The lowest BCUT2D eigenvalue weighted by Crippen LogP contribution is -2.52. The fourth-order valence-electron chi connectivity index (χ4n) is 1.83. The van der Waals surface area contributed by atoms with E-state index in [1.165, 1.54) is 0 Å². The maximum absolute atomic E-state index is 13.3. The minimum atomic E-state index is -1.93. The lowest BCUT2D eigenvalue weighted by molar-refractivity contribution is -0.153. The fraction of sp³-hybridized carbons (Fsp3) is 0.556. The van der Waals surface area contributed by atoms with Gasteiger partial charge in [0.05, 0.1) is 18.2 Å². The number of nitrogen functional groups attached to an aromatic ring is 1. The molecule has 3 atom stereocenters. The molecule has 1 aliphatic heterocycles. The number of hydrogen-bond donors (Lipinski definition) is 3. The molecule has 1 aromatic rings. The van der Waals surface area contributed by atoms with E-state index in [9.17, 15) is 19.4 Å². The Balaban J connectivity index is 2.59. The molecule has 1 fully saturated rings. The van der Waals surface area contributed by atoms with Crippen molar-refractivity contribution < 1.29 is 19.3 Å². The number of rotatable bonds is 2. The number of nitrogens with two attached hydrogens (primary N) is 1. The Kier molecular flexibility index (Phi) is 3.28. The third-order valence-corrected chi connectivity index (χ3v) is 3.13. The first-order valence-corrected chi connectivity index (χ1v) is 5.42. The molecule has 9 heteroatoms. The summed E-state index contributed by atoms with van der Waals surface area (Å²) in [5.74, 6) is -0.199. The minimum Gasteiger partial charge on any atom is -0.391 e. The molecule has 18 heavy (non-hydrogen) atoms. The van der Waals surface area contributed by atoms with E-state index in [0.717, 1.165) is 10.8 Å². The van der Waals surface area contributed by atoms with Crippen molar-refractivity contribution in [3.8, 4) is 0 Å². The van der Waals surface area contributed by atoms with Gasteiger partial charge in [-0.1, -0.05) is 11.6 Å². The maximum Gasteiger partial charge on any atom is 0.352 e. The number of ether oxygens (including phenoxy) is 1. The molecular weight excluding hydrogens is 269 g/mol. The molecule has 0 unspecified atom stereocenters. The first-order chi connectivity index (χ1) is 8.42. The monoisotopic (exact) mass is 279 g/mol. The van der Waals surface area contributed by atoms with Crippen molar-refractivity contribution >= 4 is 17.4 Å². The second-order valence-electron chi connectivity index (χ2n) is 3.90. The number of aromatic nitrogens is 2. The molecule has 0 saturated carbocycles. The van der Waals surface area contributed by atoms with E-state index in [4.69, 9.17) is 22.1 Å². The predicted octanol–water partition coefficient (Wildman–Crippen LogP) is -1.15. The van der Waals surface area contributed by atoms with E-state index in [-0.39, 0.29) is 10.8 Å². The lowest BCUT2D eigenvalue weighted by Gasteiger charge is -2.31. The normalized spacial score (nSPS) is 31.8. The van der Waals surface area contributed by atoms with Crippen LogP contribution in [0.1, 0.15) is 0 Å². The number of nitrogens with zero attached hydrogens (tertiary/aromatic N) is 2. The lowest BCUT2D eigenvalue weighted by atomic mass is 10.1. The van der Waals surface area contributed by atoms with Crippen molar-refractivity contribution in [2.75, 3.05) is 18.9 Å². The number of alkyl halides is 1. The van der Waals surface area contributed by atoms with Crippen LogP contribution < -0.4 is 11.4 Å². The minimum absolute atomic E-state index is 0.0690. The highest BCUT2D eigenvalue weighted by Gasteiger charge is 2.52. The fourth-order valence-corrected chi connectivity index (χ4v) is 1.97. The van der Waals surface area contributed by atoms with Gasteiger partial charge >= 0.3 is 5.69 Å². The van der Waals surface area contributed by atoms with Crippen molar-refractivity contribution in [1.29, 1.82) is 0 Å². The van der Waals surface area contributed by atoms with Gasteiger partial charge in [-0.2, -0.15) is 4.98 Å². The Morgan fingerprint density at radius 3 is 2.94 bits per heavy atom. The molecule has 100 valence electrons. The van der Waals surface area contributed by atoms with Gasteiger partial charge < -0.3 is 20.7 Å². The van der Waals surface area contributed by atoms with E-state index in [1.807, 2.05) is 0 Å². The van der Waals surface area contributed by atoms with E-state index in [0.29, 0.717) is 0 Å². The van der Waals surface area contributed by atoms with Gasteiger partial charge in [0.15, 0.2) is 6.17 Å². The summed E-state index contributed by atoms with van der Waals surface area (Å²) in [6, 6.07) is 0. The Labute approximate surface area is 106 Å². The van der Waals surface area contributed by atoms with Gasteiger partial charge in [-0.05, 0) is 0 Å². The smallest absolute Gasteiger partial charge is 0.352 e. The topological polar surface area (TPSA) is 111 Å². The number of halogens is 2. The maximum atomic E-state index is 13.3. The highest BCUT2D eigenvalue weighted by molar-refractivity contribution is 6.32. The largest absolute Gasteiger partial charge is 0.391 e. The molecule has 0 bridgehead atoms. The number of aliphatic hydroxyl groups is 2. The third-order valence-electron chi connectivity index (χ3n) is 2.84. The van der Waals surface area contributed by atoms with Crippen LogP contribution in [0.2, 0.25) is 5.02 Å². The van der Waals surface area contributed by atoms with Crippen LogP contribution in [0.4, 0.5) is 10.2 Å². The van der Waals surface area contributed by atoms with Gasteiger partial charge in [0.2, 0.25) is 5.72 Å². The van der Waals surface area contributed by atoms with Crippen molar-refractivity contribution in [1.82, 2.24) is 9.55 Å². The summed E-state index contributed by atoms with van der Waals surface area (Å²) in [6.07, 6.45) is -2.38. The van der Waals surface area contributed by atoms with Crippen LogP contribution >= 0.6 is 11.6 Å². The summed E-state index contributed by atoms with van der Waals surface area (Å²) in [5.41, 5.74) is 2.51. The second kappa shape index (κ2) is 4.47. The zero-order valence-corrected chi connectivity index (χ0v) is 9.84. The molecule has 0 radical (unpaired) electrons. The molecule has 0 amide bonds. The summed E-state index contributed by atoms with van der Waals surface area (Å²) in [4.78, 5) is 15.1. The van der Waals surface area contributed by atoms with Crippen LogP contribution in [0.15, 0.2) is 11.0 Å². The zero-order valence-electron chi connectivity index (χ0n) is 9.08. The Bertz CT molecular complexity index is 525. The molecule has 1 aromatic heterocycles. The number of aliphatic hydroxyl groups excluding tert-OH is 2. The van der Waals surface area contributed by atoms with Crippen LogP contribution in [-0.4, -0.2) is 45.3 Å². The zero-order chi connectivity index (χ0) is 13.5. The van der Waals surface area contributed by atoms with Crippen molar-refractivity contribution in [3.05, 3.63) is 21.7 Å². The molecule has 2 rings (SSSR count). The average Bonchev–Trinajstić information content (AvgIpc) is 2.62. The molecule has 0 aromatic carbocycles. The van der Waals surface area contributed by atoms with E-state index in [1.54, 1.807) is 0 Å². The highest BCUT2D eigenvalue weighted by atomic mass is 35.5. The van der Waals surface area contributed by atoms with Crippen LogP contribution in [0.25, 0.3) is 0 Å². The molecule has 2 heterocycles. The van der Waals surface area contributed by atoms with Gasteiger partial charge in [0.1, 0.15) is 11.9 Å².